The van der Waals surface area contributed by atoms with E-state index in [2.05, 4.69) is 15.6 Å². The zero-order chi connectivity index (χ0) is 19.9. The SMILES string of the molecule is CC(C)Oc1ccccc1Nc1ccc(C(=O)NCc2ccc(Cl)cc2)cn1. The molecule has 3 aromatic rings. The van der Waals surface area contributed by atoms with Crippen LogP contribution in [0.25, 0.3) is 0 Å². The molecule has 0 aliphatic heterocycles. The van der Waals surface area contributed by atoms with Crippen molar-refractivity contribution >= 4 is 29.0 Å². The molecule has 0 bridgehead atoms. The summed E-state index contributed by atoms with van der Waals surface area (Å²) in [5.74, 6) is 1.20. The van der Waals surface area contributed by atoms with E-state index in [1.54, 1.807) is 30.5 Å². The molecule has 0 spiro atoms. The maximum Gasteiger partial charge on any atom is 0.253 e. The maximum absolute atomic E-state index is 12.3. The number of rotatable bonds is 7. The fourth-order valence-electron chi connectivity index (χ4n) is 2.55. The summed E-state index contributed by atoms with van der Waals surface area (Å²) in [5, 5.41) is 6.77. The van der Waals surface area contributed by atoms with Crippen LogP contribution in [0, 0.1) is 0 Å². The molecule has 0 aliphatic carbocycles. The second kappa shape index (κ2) is 9.24. The van der Waals surface area contributed by atoms with Crippen molar-refractivity contribution in [2.45, 2.75) is 26.5 Å². The van der Waals surface area contributed by atoms with E-state index in [9.17, 15) is 4.79 Å². The van der Waals surface area contributed by atoms with E-state index in [-0.39, 0.29) is 12.0 Å². The van der Waals surface area contributed by atoms with Crippen molar-refractivity contribution in [2.75, 3.05) is 5.32 Å². The highest BCUT2D eigenvalue weighted by atomic mass is 35.5. The molecule has 28 heavy (non-hydrogen) atoms. The van der Waals surface area contributed by atoms with Crippen molar-refractivity contribution in [3.05, 3.63) is 83.0 Å². The van der Waals surface area contributed by atoms with Gasteiger partial charge in [0.15, 0.2) is 0 Å². The van der Waals surface area contributed by atoms with Crippen LogP contribution in [0.3, 0.4) is 0 Å². The van der Waals surface area contributed by atoms with Gasteiger partial charge in [-0.3, -0.25) is 4.79 Å². The predicted octanol–water partition coefficient (Wildman–Crippen LogP) is 5.20. The zero-order valence-corrected chi connectivity index (χ0v) is 16.5. The van der Waals surface area contributed by atoms with Gasteiger partial charge in [0.1, 0.15) is 11.6 Å². The molecule has 0 saturated heterocycles. The summed E-state index contributed by atoms with van der Waals surface area (Å²) in [7, 11) is 0. The molecular formula is C22H22ClN3O2. The average molecular weight is 396 g/mol. The Morgan fingerprint density at radius 1 is 1.07 bits per heavy atom. The fraction of sp³-hybridized carbons (Fsp3) is 0.182. The van der Waals surface area contributed by atoms with Gasteiger partial charge < -0.3 is 15.4 Å². The molecule has 1 amide bonds. The Balaban J connectivity index is 1.62. The number of ether oxygens (including phenoxy) is 1. The molecule has 0 unspecified atom stereocenters. The number of benzene rings is 2. The number of aromatic nitrogens is 1. The number of anilines is 2. The summed E-state index contributed by atoms with van der Waals surface area (Å²) < 4.78 is 5.80. The van der Waals surface area contributed by atoms with Crippen LogP contribution in [0.4, 0.5) is 11.5 Å². The average Bonchev–Trinajstić information content (AvgIpc) is 2.69. The Kier molecular flexibility index (Phi) is 6.50. The molecule has 144 valence electrons. The summed E-state index contributed by atoms with van der Waals surface area (Å²) in [6.45, 7) is 4.38. The Hall–Kier alpha value is -3.05. The monoisotopic (exact) mass is 395 g/mol. The van der Waals surface area contributed by atoms with Crippen molar-refractivity contribution in [2.24, 2.45) is 0 Å². The first kappa shape index (κ1) is 19.7. The molecule has 2 N–H and O–H groups in total. The molecule has 0 saturated carbocycles. The van der Waals surface area contributed by atoms with Gasteiger partial charge in [-0.2, -0.15) is 0 Å². The quantitative estimate of drug-likeness (QED) is 0.577. The highest BCUT2D eigenvalue weighted by Crippen LogP contribution is 2.27. The van der Waals surface area contributed by atoms with Crippen molar-refractivity contribution in [1.82, 2.24) is 10.3 Å². The highest BCUT2D eigenvalue weighted by Gasteiger charge is 2.09. The maximum atomic E-state index is 12.3. The van der Waals surface area contributed by atoms with E-state index in [1.165, 1.54) is 0 Å². The van der Waals surface area contributed by atoms with Crippen molar-refractivity contribution < 1.29 is 9.53 Å². The van der Waals surface area contributed by atoms with Gasteiger partial charge in [0, 0.05) is 17.8 Å². The Morgan fingerprint density at radius 3 is 2.50 bits per heavy atom. The lowest BCUT2D eigenvalue weighted by molar-refractivity contribution is 0.0950. The Morgan fingerprint density at radius 2 is 1.82 bits per heavy atom. The van der Waals surface area contributed by atoms with Crippen LogP contribution in [0.5, 0.6) is 5.75 Å². The minimum atomic E-state index is -0.183. The topological polar surface area (TPSA) is 63.2 Å². The highest BCUT2D eigenvalue weighted by molar-refractivity contribution is 6.30. The third-order valence-corrected chi connectivity index (χ3v) is 4.16. The number of hydrogen-bond donors (Lipinski definition) is 2. The molecule has 5 nitrogen and oxygen atoms in total. The number of hydrogen-bond acceptors (Lipinski definition) is 4. The number of carbonyl (C=O) groups excluding carboxylic acids is 1. The standard InChI is InChI=1S/C22H22ClN3O2/c1-15(2)28-20-6-4-3-5-19(20)26-21-12-9-17(14-24-21)22(27)25-13-16-7-10-18(23)11-8-16/h3-12,14-15H,13H2,1-2H3,(H,24,26)(H,25,27). The fourth-order valence-corrected chi connectivity index (χ4v) is 2.68. The van der Waals surface area contributed by atoms with Crippen LogP contribution in [0.1, 0.15) is 29.8 Å². The summed E-state index contributed by atoms with van der Waals surface area (Å²) in [6.07, 6.45) is 1.62. The van der Waals surface area contributed by atoms with Crippen LogP contribution >= 0.6 is 11.6 Å². The number of nitrogens with one attached hydrogen (secondary N) is 2. The van der Waals surface area contributed by atoms with E-state index in [0.29, 0.717) is 22.9 Å². The molecule has 1 aromatic heterocycles. The lowest BCUT2D eigenvalue weighted by Crippen LogP contribution is -2.22. The van der Waals surface area contributed by atoms with Crippen LogP contribution < -0.4 is 15.4 Å². The molecular weight excluding hydrogens is 374 g/mol. The third-order valence-electron chi connectivity index (χ3n) is 3.90. The number of carbonyl (C=O) groups is 1. The van der Waals surface area contributed by atoms with Crippen LogP contribution in [0.15, 0.2) is 66.9 Å². The molecule has 1 heterocycles. The Labute approximate surface area is 169 Å². The number of amides is 1. The molecule has 2 aromatic carbocycles. The summed E-state index contributed by atoms with van der Waals surface area (Å²) in [5.41, 5.74) is 2.29. The number of nitrogens with zero attached hydrogens (tertiary/aromatic N) is 1. The summed E-state index contributed by atoms with van der Waals surface area (Å²) in [6, 6.07) is 18.5. The molecule has 0 atom stereocenters. The van der Waals surface area contributed by atoms with Crippen molar-refractivity contribution in [1.29, 1.82) is 0 Å². The van der Waals surface area contributed by atoms with E-state index in [1.807, 2.05) is 50.2 Å². The van der Waals surface area contributed by atoms with Crippen LogP contribution in [-0.2, 0) is 6.54 Å². The summed E-state index contributed by atoms with van der Waals surface area (Å²) in [4.78, 5) is 16.6. The summed E-state index contributed by atoms with van der Waals surface area (Å²) >= 11 is 5.87. The molecule has 0 aliphatic rings. The van der Waals surface area contributed by atoms with Crippen LogP contribution in [-0.4, -0.2) is 17.0 Å². The van der Waals surface area contributed by atoms with Gasteiger partial charge in [0.25, 0.3) is 5.91 Å². The van der Waals surface area contributed by atoms with Gasteiger partial charge in [0.05, 0.1) is 17.4 Å². The predicted molar refractivity (Wildman–Crippen MR) is 112 cm³/mol. The van der Waals surface area contributed by atoms with E-state index < -0.39 is 0 Å². The van der Waals surface area contributed by atoms with E-state index >= 15 is 0 Å². The van der Waals surface area contributed by atoms with Gasteiger partial charge in [-0.1, -0.05) is 35.9 Å². The van der Waals surface area contributed by atoms with Gasteiger partial charge in [-0.05, 0) is 55.8 Å². The Bertz CT molecular complexity index is 925. The van der Waals surface area contributed by atoms with E-state index in [4.69, 9.17) is 16.3 Å². The first-order chi connectivity index (χ1) is 13.5. The third kappa shape index (κ3) is 5.47. The first-order valence-electron chi connectivity index (χ1n) is 9.02. The first-order valence-corrected chi connectivity index (χ1v) is 9.40. The van der Waals surface area contributed by atoms with Gasteiger partial charge in [-0.25, -0.2) is 4.98 Å². The minimum absolute atomic E-state index is 0.0719. The van der Waals surface area contributed by atoms with Gasteiger partial charge in [-0.15, -0.1) is 0 Å². The number of pyridine rings is 1. The molecule has 0 fully saturated rings. The van der Waals surface area contributed by atoms with Gasteiger partial charge in [0.2, 0.25) is 0 Å². The molecule has 6 heteroatoms. The lowest BCUT2D eigenvalue weighted by atomic mass is 10.2. The number of para-hydroxylation sites is 2. The minimum Gasteiger partial charge on any atom is -0.489 e. The second-order valence-corrected chi connectivity index (χ2v) is 6.97. The van der Waals surface area contributed by atoms with Gasteiger partial charge >= 0.3 is 0 Å². The second-order valence-electron chi connectivity index (χ2n) is 6.53. The zero-order valence-electron chi connectivity index (χ0n) is 15.8. The lowest BCUT2D eigenvalue weighted by Gasteiger charge is -2.15. The largest absolute Gasteiger partial charge is 0.489 e. The van der Waals surface area contributed by atoms with Crippen molar-refractivity contribution in [3.63, 3.8) is 0 Å². The molecule has 0 radical (unpaired) electrons. The normalized spacial score (nSPS) is 10.6. The number of halogens is 1. The molecule has 3 rings (SSSR count). The smallest absolute Gasteiger partial charge is 0.253 e. The van der Waals surface area contributed by atoms with Crippen molar-refractivity contribution in [3.8, 4) is 5.75 Å². The van der Waals surface area contributed by atoms with E-state index in [0.717, 1.165) is 17.0 Å². The van der Waals surface area contributed by atoms with Crippen LogP contribution in [0.2, 0.25) is 5.02 Å².